The number of hydrogen-bond acceptors (Lipinski definition) is 4. The molecule has 0 saturated carbocycles. The van der Waals surface area contributed by atoms with Gasteiger partial charge in [-0.2, -0.15) is 5.10 Å². The molecule has 1 aromatic heterocycles. The first-order valence-corrected chi connectivity index (χ1v) is 7.97. The zero-order valence-electron chi connectivity index (χ0n) is 13.1. The number of nitrogens with one attached hydrogen (secondary N) is 1. The Morgan fingerprint density at radius 1 is 1.22 bits per heavy atom. The second kappa shape index (κ2) is 7.78. The first-order chi connectivity index (χ1) is 11.3. The molecular formula is C17H22N4O2. The lowest BCUT2D eigenvalue weighted by molar-refractivity contribution is -0.121. The van der Waals surface area contributed by atoms with Crippen molar-refractivity contribution in [2.24, 2.45) is 0 Å². The van der Waals surface area contributed by atoms with Crippen LogP contribution in [0.2, 0.25) is 0 Å². The third-order valence-corrected chi connectivity index (χ3v) is 3.93. The van der Waals surface area contributed by atoms with E-state index in [1.54, 1.807) is 10.9 Å². The summed E-state index contributed by atoms with van der Waals surface area (Å²) in [5.74, 6) is 0.0396. The van der Waals surface area contributed by atoms with Gasteiger partial charge in [-0.1, -0.05) is 12.1 Å². The van der Waals surface area contributed by atoms with Crippen molar-refractivity contribution in [2.45, 2.75) is 19.5 Å². The van der Waals surface area contributed by atoms with E-state index in [1.807, 2.05) is 12.3 Å². The Bertz CT molecular complexity index is 604. The molecule has 0 aliphatic carbocycles. The molecule has 122 valence electrons. The van der Waals surface area contributed by atoms with Crippen LogP contribution in [0.3, 0.4) is 0 Å². The van der Waals surface area contributed by atoms with Crippen molar-refractivity contribution in [3.63, 3.8) is 0 Å². The maximum absolute atomic E-state index is 11.9. The molecule has 6 heteroatoms. The molecule has 1 saturated heterocycles. The number of nitrogens with zero attached hydrogens (tertiary/aromatic N) is 3. The maximum atomic E-state index is 11.9. The van der Waals surface area contributed by atoms with Crippen LogP contribution in [0.4, 0.5) is 5.69 Å². The number of carbonyl (C=O) groups is 1. The van der Waals surface area contributed by atoms with Gasteiger partial charge in [0.2, 0.25) is 5.91 Å². The number of aryl methyl sites for hydroxylation is 1. The van der Waals surface area contributed by atoms with Crippen LogP contribution in [0.15, 0.2) is 42.7 Å². The molecule has 1 fully saturated rings. The molecule has 1 aliphatic rings. The van der Waals surface area contributed by atoms with Gasteiger partial charge in [0.25, 0.3) is 0 Å². The molecular weight excluding hydrogens is 292 g/mol. The molecule has 0 unspecified atom stereocenters. The monoisotopic (exact) mass is 314 g/mol. The van der Waals surface area contributed by atoms with Gasteiger partial charge in [0.05, 0.1) is 13.2 Å². The molecule has 0 bridgehead atoms. The normalized spacial score (nSPS) is 14.7. The van der Waals surface area contributed by atoms with Gasteiger partial charge in [-0.05, 0) is 23.8 Å². The minimum absolute atomic E-state index is 0.0396. The van der Waals surface area contributed by atoms with E-state index in [0.29, 0.717) is 19.5 Å². The predicted molar refractivity (Wildman–Crippen MR) is 88.2 cm³/mol. The van der Waals surface area contributed by atoms with Gasteiger partial charge in [-0.3, -0.25) is 9.48 Å². The second-order valence-electron chi connectivity index (χ2n) is 5.56. The number of rotatable bonds is 6. The van der Waals surface area contributed by atoms with E-state index >= 15 is 0 Å². The number of amides is 1. The fourth-order valence-electron chi connectivity index (χ4n) is 2.58. The van der Waals surface area contributed by atoms with Crippen molar-refractivity contribution < 1.29 is 9.53 Å². The Morgan fingerprint density at radius 3 is 2.70 bits per heavy atom. The second-order valence-corrected chi connectivity index (χ2v) is 5.56. The fourth-order valence-corrected chi connectivity index (χ4v) is 2.58. The smallest absolute Gasteiger partial charge is 0.222 e. The Hall–Kier alpha value is -2.34. The summed E-state index contributed by atoms with van der Waals surface area (Å²) < 4.78 is 7.12. The van der Waals surface area contributed by atoms with Crippen LogP contribution in [0.25, 0.3) is 0 Å². The molecule has 2 heterocycles. The lowest BCUT2D eigenvalue weighted by atomic mass is 10.2. The number of carbonyl (C=O) groups excluding carboxylic acids is 1. The highest BCUT2D eigenvalue weighted by atomic mass is 16.5. The van der Waals surface area contributed by atoms with Crippen LogP contribution in [0.1, 0.15) is 12.0 Å². The average Bonchev–Trinajstić information content (AvgIpc) is 3.13. The standard InChI is InChI=1S/C17H22N4O2/c22-17(6-9-21-8-1-7-19-21)18-14-15-2-4-16(5-3-15)20-10-12-23-13-11-20/h1-5,7-8H,6,9-14H2,(H,18,22). The highest BCUT2D eigenvalue weighted by molar-refractivity contribution is 5.75. The van der Waals surface area contributed by atoms with Crippen molar-refractivity contribution in [2.75, 3.05) is 31.2 Å². The fraction of sp³-hybridized carbons (Fsp3) is 0.412. The topological polar surface area (TPSA) is 59.4 Å². The molecule has 0 atom stereocenters. The molecule has 0 radical (unpaired) electrons. The molecule has 6 nitrogen and oxygen atoms in total. The summed E-state index contributed by atoms with van der Waals surface area (Å²) >= 11 is 0. The average molecular weight is 314 g/mol. The van der Waals surface area contributed by atoms with Gasteiger partial charge in [0.15, 0.2) is 0 Å². The van der Waals surface area contributed by atoms with E-state index in [4.69, 9.17) is 4.74 Å². The Labute approximate surface area is 136 Å². The summed E-state index contributed by atoms with van der Waals surface area (Å²) in [6.45, 7) is 4.60. The van der Waals surface area contributed by atoms with E-state index < -0.39 is 0 Å². The van der Waals surface area contributed by atoms with Crippen LogP contribution in [-0.4, -0.2) is 42.0 Å². The first kappa shape index (κ1) is 15.6. The SMILES string of the molecule is O=C(CCn1cccn1)NCc1ccc(N2CCOCC2)cc1. The molecule has 0 spiro atoms. The minimum atomic E-state index is 0.0396. The third kappa shape index (κ3) is 4.56. The number of benzene rings is 1. The molecule has 23 heavy (non-hydrogen) atoms. The summed E-state index contributed by atoms with van der Waals surface area (Å²) in [4.78, 5) is 14.2. The summed E-state index contributed by atoms with van der Waals surface area (Å²) in [5, 5.41) is 7.03. The highest BCUT2D eigenvalue weighted by Crippen LogP contribution is 2.16. The number of morpholine rings is 1. The predicted octanol–water partition coefficient (Wildman–Crippen LogP) is 1.43. The number of hydrogen-bond donors (Lipinski definition) is 1. The maximum Gasteiger partial charge on any atom is 0.222 e. The van der Waals surface area contributed by atoms with Crippen molar-refractivity contribution in [1.82, 2.24) is 15.1 Å². The Morgan fingerprint density at radius 2 is 2.00 bits per heavy atom. The van der Waals surface area contributed by atoms with Crippen LogP contribution < -0.4 is 10.2 Å². The van der Waals surface area contributed by atoms with Crippen molar-refractivity contribution in [3.8, 4) is 0 Å². The summed E-state index contributed by atoms with van der Waals surface area (Å²) in [7, 11) is 0. The quantitative estimate of drug-likeness (QED) is 0.876. The van der Waals surface area contributed by atoms with E-state index in [1.165, 1.54) is 5.69 Å². The van der Waals surface area contributed by atoms with Gasteiger partial charge in [-0.25, -0.2) is 0 Å². The summed E-state index contributed by atoms with van der Waals surface area (Å²) in [6.07, 6.45) is 4.01. The highest BCUT2D eigenvalue weighted by Gasteiger charge is 2.10. The van der Waals surface area contributed by atoms with Crippen molar-refractivity contribution >= 4 is 11.6 Å². The van der Waals surface area contributed by atoms with Gasteiger partial charge >= 0.3 is 0 Å². The largest absolute Gasteiger partial charge is 0.378 e. The summed E-state index contributed by atoms with van der Waals surface area (Å²) in [6, 6.07) is 10.2. The zero-order valence-corrected chi connectivity index (χ0v) is 13.1. The van der Waals surface area contributed by atoms with Crippen LogP contribution in [0.5, 0.6) is 0 Å². The molecule has 1 N–H and O–H groups in total. The van der Waals surface area contributed by atoms with Crippen LogP contribution >= 0.6 is 0 Å². The van der Waals surface area contributed by atoms with Gasteiger partial charge in [0, 0.05) is 50.7 Å². The number of anilines is 1. The van der Waals surface area contributed by atoms with Crippen LogP contribution in [0, 0.1) is 0 Å². The van der Waals surface area contributed by atoms with E-state index in [0.717, 1.165) is 31.9 Å². The Balaban J connectivity index is 1.43. The minimum Gasteiger partial charge on any atom is -0.378 e. The van der Waals surface area contributed by atoms with Crippen molar-refractivity contribution in [1.29, 1.82) is 0 Å². The third-order valence-electron chi connectivity index (χ3n) is 3.93. The molecule has 3 rings (SSSR count). The molecule has 1 amide bonds. The molecule has 2 aromatic rings. The van der Waals surface area contributed by atoms with E-state index in [9.17, 15) is 4.79 Å². The lowest BCUT2D eigenvalue weighted by Gasteiger charge is -2.28. The molecule has 1 aromatic carbocycles. The van der Waals surface area contributed by atoms with E-state index in [-0.39, 0.29) is 5.91 Å². The van der Waals surface area contributed by atoms with Gasteiger partial charge in [0.1, 0.15) is 0 Å². The van der Waals surface area contributed by atoms with E-state index in [2.05, 4.69) is 39.6 Å². The number of aromatic nitrogens is 2. The van der Waals surface area contributed by atoms with Crippen molar-refractivity contribution in [3.05, 3.63) is 48.3 Å². The van der Waals surface area contributed by atoms with Crippen LogP contribution in [-0.2, 0) is 22.6 Å². The van der Waals surface area contributed by atoms with Gasteiger partial charge in [-0.15, -0.1) is 0 Å². The zero-order chi connectivity index (χ0) is 15.9. The number of ether oxygens (including phenoxy) is 1. The van der Waals surface area contributed by atoms with Gasteiger partial charge < -0.3 is 15.0 Å². The summed E-state index contributed by atoms with van der Waals surface area (Å²) in [5.41, 5.74) is 2.32. The Kier molecular flexibility index (Phi) is 5.26. The molecule has 1 aliphatic heterocycles. The lowest BCUT2D eigenvalue weighted by Crippen LogP contribution is -2.36. The first-order valence-electron chi connectivity index (χ1n) is 7.97.